The molecule has 8 nitrogen and oxygen atoms in total. The van der Waals surface area contributed by atoms with E-state index in [0.29, 0.717) is 18.4 Å². The van der Waals surface area contributed by atoms with Crippen molar-refractivity contribution in [2.45, 2.75) is 64.4 Å². The number of esters is 2. The minimum Gasteiger partial charge on any atom is -0.462 e. The van der Waals surface area contributed by atoms with Crippen molar-refractivity contribution in [2.75, 3.05) is 6.61 Å². The van der Waals surface area contributed by atoms with Gasteiger partial charge in [-0.05, 0) is 37.5 Å². The predicted molar refractivity (Wildman–Crippen MR) is 105 cm³/mol. The SMILES string of the molecule is CC(=O)O[C@H]1CC/C(CO)=C\[C@@H]2OC(=O)[C@H](C)[C@@]2(O)[C@@H](O)[C@H]2[C@@H](C)C(=O)C=C[C@@]21C. The highest BCUT2D eigenvalue weighted by Gasteiger charge is 2.64. The van der Waals surface area contributed by atoms with Crippen molar-refractivity contribution in [1.29, 1.82) is 0 Å². The van der Waals surface area contributed by atoms with Gasteiger partial charge in [0.05, 0.1) is 18.6 Å². The maximum Gasteiger partial charge on any atom is 0.312 e. The molecule has 8 atom stereocenters. The Kier molecular flexibility index (Phi) is 5.97. The predicted octanol–water partition coefficient (Wildman–Crippen LogP) is 0.682. The molecule has 1 fully saturated rings. The zero-order valence-electron chi connectivity index (χ0n) is 17.7. The van der Waals surface area contributed by atoms with Crippen LogP contribution >= 0.6 is 0 Å². The Balaban J connectivity index is 2.22. The summed E-state index contributed by atoms with van der Waals surface area (Å²) in [5, 5.41) is 32.9. The first-order valence-corrected chi connectivity index (χ1v) is 10.3. The van der Waals surface area contributed by atoms with Gasteiger partial charge < -0.3 is 24.8 Å². The summed E-state index contributed by atoms with van der Waals surface area (Å²) in [5.74, 6) is -3.99. The molecule has 166 valence electrons. The van der Waals surface area contributed by atoms with Crippen LogP contribution in [0.5, 0.6) is 0 Å². The number of fused-ring (bicyclic) bond motifs is 2. The van der Waals surface area contributed by atoms with Crippen LogP contribution in [0, 0.1) is 23.2 Å². The number of carbonyl (C=O) groups excluding carboxylic acids is 3. The van der Waals surface area contributed by atoms with Gasteiger partial charge in [0.15, 0.2) is 11.9 Å². The Morgan fingerprint density at radius 3 is 2.60 bits per heavy atom. The second-order valence-electron chi connectivity index (χ2n) is 8.95. The van der Waals surface area contributed by atoms with Crippen molar-refractivity contribution < 1.29 is 39.2 Å². The van der Waals surface area contributed by atoms with Gasteiger partial charge in [-0.3, -0.25) is 14.4 Å². The molecule has 8 heteroatoms. The second-order valence-corrected chi connectivity index (χ2v) is 8.95. The molecule has 0 aromatic rings. The number of rotatable bonds is 2. The molecule has 30 heavy (non-hydrogen) atoms. The maximum absolute atomic E-state index is 12.5. The highest BCUT2D eigenvalue weighted by atomic mass is 16.6. The normalized spacial score (nSPS) is 45.6. The van der Waals surface area contributed by atoms with Crippen LogP contribution in [0.1, 0.15) is 40.5 Å². The quantitative estimate of drug-likeness (QED) is 0.438. The van der Waals surface area contributed by atoms with Crippen LogP contribution in [0.4, 0.5) is 0 Å². The van der Waals surface area contributed by atoms with Crippen LogP contribution in [0.15, 0.2) is 23.8 Å². The molecule has 3 rings (SSSR count). The molecular weight excluding hydrogens is 392 g/mol. The lowest BCUT2D eigenvalue weighted by atomic mass is 9.56. The van der Waals surface area contributed by atoms with Crippen LogP contribution in [0.2, 0.25) is 0 Å². The highest BCUT2D eigenvalue weighted by Crippen LogP contribution is 2.51. The van der Waals surface area contributed by atoms with E-state index in [1.807, 2.05) is 0 Å². The third-order valence-corrected chi connectivity index (χ3v) is 7.19. The summed E-state index contributed by atoms with van der Waals surface area (Å²) < 4.78 is 11.0. The molecular formula is C22H30O8. The van der Waals surface area contributed by atoms with Gasteiger partial charge in [0, 0.05) is 24.2 Å². The average molecular weight is 422 g/mol. The maximum atomic E-state index is 12.5. The first-order valence-electron chi connectivity index (χ1n) is 10.3. The first-order chi connectivity index (χ1) is 14.0. The van der Waals surface area contributed by atoms with E-state index in [1.54, 1.807) is 19.9 Å². The van der Waals surface area contributed by atoms with Gasteiger partial charge in [-0.15, -0.1) is 0 Å². The molecule has 1 aliphatic heterocycles. The van der Waals surface area contributed by atoms with Crippen LogP contribution in [-0.4, -0.2) is 63.6 Å². The van der Waals surface area contributed by atoms with Crippen LogP contribution < -0.4 is 0 Å². The summed E-state index contributed by atoms with van der Waals surface area (Å²) in [6, 6.07) is 0. The van der Waals surface area contributed by atoms with Crippen LogP contribution in [0.25, 0.3) is 0 Å². The molecule has 1 saturated heterocycles. The fourth-order valence-electron chi connectivity index (χ4n) is 5.26. The fraction of sp³-hybridized carbons (Fsp3) is 0.682. The van der Waals surface area contributed by atoms with Gasteiger partial charge in [-0.2, -0.15) is 0 Å². The van der Waals surface area contributed by atoms with Gasteiger partial charge in [0.25, 0.3) is 0 Å². The standard InChI is InChI=1S/C22H30O8/c1-11-15(25)7-8-21(4)16(29-13(3)24)6-5-14(10-23)9-17-22(28,19(26)18(11)21)12(2)20(27)30-17/h7-9,11-12,16-19,23,26,28H,5-6,10H2,1-4H3/b14-9+/t11-,12-,16-,17-,18+,19-,21+,22-/m0/s1. The first kappa shape index (κ1) is 22.7. The smallest absolute Gasteiger partial charge is 0.312 e. The summed E-state index contributed by atoms with van der Waals surface area (Å²) in [6.07, 6.45) is 1.73. The van der Waals surface area contributed by atoms with E-state index >= 15 is 0 Å². The van der Waals surface area contributed by atoms with Crippen molar-refractivity contribution in [3.05, 3.63) is 23.8 Å². The van der Waals surface area contributed by atoms with E-state index in [2.05, 4.69) is 0 Å². The molecule has 1 heterocycles. The summed E-state index contributed by atoms with van der Waals surface area (Å²) in [6.45, 7) is 5.84. The molecule has 0 aromatic heterocycles. The second kappa shape index (κ2) is 7.90. The Labute approximate surface area is 175 Å². The van der Waals surface area contributed by atoms with Crippen LogP contribution in [-0.2, 0) is 23.9 Å². The number of aliphatic hydroxyl groups is 3. The summed E-state index contributed by atoms with van der Waals surface area (Å²) in [4.78, 5) is 36.7. The number of ketones is 1. The molecule has 0 saturated carbocycles. The molecule has 0 unspecified atom stereocenters. The molecule has 2 aliphatic carbocycles. The van der Waals surface area contributed by atoms with E-state index in [9.17, 15) is 29.7 Å². The zero-order chi connectivity index (χ0) is 22.4. The molecule has 0 radical (unpaired) electrons. The zero-order valence-corrected chi connectivity index (χ0v) is 17.7. The molecule has 3 aliphatic rings. The molecule has 0 aromatic carbocycles. The van der Waals surface area contributed by atoms with E-state index in [-0.39, 0.29) is 12.4 Å². The Hall–Kier alpha value is -2.03. The molecule has 0 amide bonds. The van der Waals surface area contributed by atoms with Crippen molar-refractivity contribution >= 4 is 17.7 Å². The number of aliphatic hydroxyl groups excluding tert-OH is 2. The van der Waals surface area contributed by atoms with Gasteiger partial charge >= 0.3 is 11.9 Å². The minimum absolute atomic E-state index is 0.222. The van der Waals surface area contributed by atoms with Gasteiger partial charge in [0.2, 0.25) is 0 Å². The van der Waals surface area contributed by atoms with Crippen molar-refractivity contribution in [3.63, 3.8) is 0 Å². The van der Waals surface area contributed by atoms with Crippen LogP contribution in [0.3, 0.4) is 0 Å². The van der Waals surface area contributed by atoms with Gasteiger partial charge in [-0.1, -0.05) is 19.9 Å². The molecule has 3 N–H and O–H groups in total. The van der Waals surface area contributed by atoms with E-state index in [0.717, 1.165) is 0 Å². The van der Waals surface area contributed by atoms with Crippen molar-refractivity contribution in [3.8, 4) is 0 Å². The Morgan fingerprint density at radius 1 is 1.33 bits per heavy atom. The average Bonchev–Trinajstić information content (AvgIpc) is 2.90. The Morgan fingerprint density at radius 2 is 2.00 bits per heavy atom. The minimum atomic E-state index is -2.01. The molecule has 0 spiro atoms. The number of hydrogen-bond acceptors (Lipinski definition) is 8. The summed E-state index contributed by atoms with van der Waals surface area (Å²) in [5.41, 5.74) is -2.51. The number of allylic oxidation sites excluding steroid dienone is 1. The molecule has 0 bridgehead atoms. The lowest BCUT2D eigenvalue weighted by molar-refractivity contribution is -0.185. The van der Waals surface area contributed by atoms with Gasteiger partial charge in [0.1, 0.15) is 11.7 Å². The number of carbonyl (C=O) groups is 3. The van der Waals surface area contributed by atoms with E-state index in [1.165, 1.54) is 26.0 Å². The highest BCUT2D eigenvalue weighted by molar-refractivity contribution is 5.93. The van der Waals surface area contributed by atoms with E-state index < -0.39 is 59.0 Å². The third kappa shape index (κ3) is 3.40. The van der Waals surface area contributed by atoms with Crippen molar-refractivity contribution in [1.82, 2.24) is 0 Å². The lowest BCUT2D eigenvalue weighted by Gasteiger charge is -2.51. The third-order valence-electron chi connectivity index (χ3n) is 7.19. The monoisotopic (exact) mass is 422 g/mol. The number of hydrogen-bond donors (Lipinski definition) is 3. The Bertz CT molecular complexity index is 801. The largest absolute Gasteiger partial charge is 0.462 e. The van der Waals surface area contributed by atoms with Crippen molar-refractivity contribution in [2.24, 2.45) is 23.2 Å². The van der Waals surface area contributed by atoms with Gasteiger partial charge in [-0.25, -0.2) is 0 Å². The topological polar surface area (TPSA) is 130 Å². The summed E-state index contributed by atoms with van der Waals surface area (Å²) >= 11 is 0. The summed E-state index contributed by atoms with van der Waals surface area (Å²) in [7, 11) is 0. The lowest BCUT2D eigenvalue weighted by Crippen LogP contribution is -2.62. The van der Waals surface area contributed by atoms with E-state index in [4.69, 9.17) is 9.47 Å². The number of ether oxygens (including phenoxy) is 2. The fourth-order valence-corrected chi connectivity index (χ4v) is 5.26.